The van der Waals surface area contributed by atoms with Crippen LogP contribution < -0.4 is 0 Å². The van der Waals surface area contributed by atoms with Crippen LogP contribution in [-0.4, -0.2) is 57.2 Å². The first-order chi connectivity index (χ1) is 11.8. The summed E-state index contributed by atoms with van der Waals surface area (Å²) in [6.07, 6.45) is -1.55. The fourth-order valence-electron chi connectivity index (χ4n) is 3.30. The van der Waals surface area contributed by atoms with E-state index in [9.17, 15) is 13.2 Å². The molecule has 0 saturated carbocycles. The number of halogens is 3. The highest BCUT2D eigenvalue weighted by Gasteiger charge is 2.30. The van der Waals surface area contributed by atoms with Crippen LogP contribution in [0.1, 0.15) is 28.8 Å². The highest BCUT2D eigenvalue weighted by molar-refractivity contribution is 5.29. The van der Waals surface area contributed by atoms with E-state index in [4.69, 9.17) is 4.74 Å². The first-order valence-electron chi connectivity index (χ1n) is 8.15. The highest BCUT2D eigenvalue weighted by Crippen LogP contribution is 2.28. The van der Waals surface area contributed by atoms with Gasteiger partial charge in [-0.25, -0.2) is 4.98 Å². The molecule has 2 aromatic rings. The molecule has 0 spiro atoms. The molecule has 1 aliphatic rings. The van der Waals surface area contributed by atoms with Gasteiger partial charge in [0.15, 0.2) is 0 Å². The maximum Gasteiger partial charge on any atom is 0.406 e. The van der Waals surface area contributed by atoms with Gasteiger partial charge in [-0.2, -0.15) is 18.3 Å². The summed E-state index contributed by atoms with van der Waals surface area (Å²) >= 11 is 0. The second-order valence-corrected chi connectivity index (χ2v) is 6.40. The number of alkyl halides is 3. The first-order valence-corrected chi connectivity index (χ1v) is 8.15. The van der Waals surface area contributed by atoms with Crippen LogP contribution in [0.2, 0.25) is 0 Å². The molecule has 138 valence electrons. The van der Waals surface area contributed by atoms with Gasteiger partial charge in [0.2, 0.25) is 0 Å². The molecule has 3 rings (SSSR count). The Hall–Kier alpha value is -1.87. The van der Waals surface area contributed by atoms with Gasteiger partial charge in [-0.15, -0.1) is 0 Å². The van der Waals surface area contributed by atoms with E-state index in [1.807, 2.05) is 20.9 Å². The zero-order chi connectivity index (χ0) is 18.2. The molecule has 1 unspecified atom stereocenters. The van der Waals surface area contributed by atoms with Gasteiger partial charge in [0.05, 0.1) is 31.5 Å². The number of imidazole rings is 1. The predicted molar refractivity (Wildman–Crippen MR) is 85.3 cm³/mol. The van der Waals surface area contributed by atoms with Crippen molar-refractivity contribution in [2.45, 2.75) is 39.2 Å². The summed E-state index contributed by atoms with van der Waals surface area (Å²) in [6.45, 7) is 5.14. The number of aryl methyl sites for hydroxylation is 1. The van der Waals surface area contributed by atoms with E-state index in [1.54, 1.807) is 4.68 Å². The third-order valence-electron chi connectivity index (χ3n) is 4.61. The van der Waals surface area contributed by atoms with Gasteiger partial charge < -0.3 is 9.30 Å². The molecule has 6 nitrogen and oxygen atoms in total. The molecule has 0 bridgehead atoms. The number of aromatic nitrogens is 4. The topological polar surface area (TPSA) is 48.1 Å². The van der Waals surface area contributed by atoms with Crippen molar-refractivity contribution < 1.29 is 17.9 Å². The lowest BCUT2D eigenvalue weighted by Crippen LogP contribution is -2.37. The standard InChI is InChI=1S/C16H22F3N5O/c1-11-15(13-9-25-7-6-22(13)3)12(2)24(21-11)8-14-20-4-5-23(14)10-16(17,18)19/h4-5,13H,6-10H2,1-3H3. The van der Waals surface area contributed by atoms with E-state index in [0.29, 0.717) is 19.0 Å². The third-order valence-corrected chi connectivity index (χ3v) is 4.61. The van der Waals surface area contributed by atoms with E-state index in [0.717, 1.165) is 28.1 Å². The van der Waals surface area contributed by atoms with Crippen LogP contribution in [0.5, 0.6) is 0 Å². The minimum Gasteiger partial charge on any atom is -0.378 e. The molecule has 0 aromatic carbocycles. The number of ether oxygens (including phenoxy) is 1. The van der Waals surface area contributed by atoms with E-state index in [1.165, 1.54) is 12.4 Å². The normalized spacial score (nSPS) is 19.5. The molecule has 3 heterocycles. The first kappa shape index (κ1) is 17.9. The number of morpholine rings is 1. The lowest BCUT2D eigenvalue weighted by molar-refractivity contribution is -0.141. The van der Waals surface area contributed by atoms with Crippen LogP contribution in [0, 0.1) is 13.8 Å². The fourth-order valence-corrected chi connectivity index (χ4v) is 3.30. The second kappa shape index (κ2) is 6.80. The van der Waals surface area contributed by atoms with Crippen LogP contribution in [0.4, 0.5) is 13.2 Å². The van der Waals surface area contributed by atoms with Gasteiger partial charge in [0.25, 0.3) is 0 Å². The molecule has 1 atom stereocenters. The second-order valence-electron chi connectivity index (χ2n) is 6.40. The molecule has 9 heteroatoms. The van der Waals surface area contributed by atoms with Crippen LogP contribution in [0.15, 0.2) is 12.4 Å². The van der Waals surface area contributed by atoms with E-state index in [-0.39, 0.29) is 12.6 Å². The molecule has 1 saturated heterocycles. The van der Waals surface area contributed by atoms with Gasteiger partial charge in [0.1, 0.15) is 12.4 Å². The summed E-state index contributed by atoms with van der Waals surface area (Å²) in [5.74, 6) is 0.336. The van der Waals surface area contributed by atoms with E-state index >= 15 is 0 Å². The Balaban J connectivity index is 1.85. The van der Waals surface area contributed by atoms with Crippen molar-refractivity contribution in [3.63, 3.8) is 0 Å². The van der Waals surface area contributed by atoms with Crippen LogP contribution in [0.25, 0.3) is 0 Å². The van der Waals surface area contributed by atoms with Gasteiger partial charge >= 0.3 is 6.18 Å². The molecule has 0 radical (unpaired) electrons. The minimum atomic E-state index is -4.28. The van der Waals surface area contributed by atoms with Crippen molar-refractivity contribution >= 4 is 0 Å². The Morgan fingerprint density at radius 2 is 2.08 bits per heavy atom. The summed E-state index contributed by atoms with van der Waals surface area (Å²) in [6, 6.07) is 0.109. The molecule has 25 heavy (non-hydrogen) atoms. The number of nitrogens with zero attached hydrogens (tertiary/aromatic N) is 5. The summed E-state index contributed by atoms with van der Waals surface area (Å²) in [5.41, 5.74) is 2.88. The zero-order valence-electron chi connectivity index (χ0n) is 14.5. The smallest absolute Gasteiger partial charge is 0.378 e. The van der Waals surface area contributed by atoms with Crippen LogP contribution >= 0.6 is 0 Å². The Morgan fingerprint density at radius 3 is 2.76 bits per heavy atom. The molecular formula is C16H22F3N5O. The molecule has 0 aliphatic carbocycles. The van der Waals surface area contributed by atoms with Crippen LogP contribution in [0.3, 0.4) is 0 Å². The SMILES string of the molecule is Cc1nn(Cc2nccn2CC(F)(F)F)c(C)c1C1COCCN1C. The summed E-state index contributed by atoms with van der Waals surface area (Å²) in [7, 11) is 2.04. The Morgan fingerprint density at radius 1 is 1.32 bits per heavy atom. The van der Waals surface area contributed by atoms with Gasteiger partial charge in [-0.1, -0.05) is 0 Å². The monoisotopic (exact) mass is 357 g/mol. The largest absolute Gasteiger partial charge is 0.406 e. The van der Waals surface area contributed by atoms with Crippen molar-refractivity contribution in [2.24, 2.45) is 0 Å². The van der Waals surface area contributed by atoms with Crippen molar-refractivity contribution in [3.05, 3.63) is 35.2 Å². The lowest BCUT2D eigenvalue weighted by Gasteiger charge is -2.32. The van der Waals surface area contributed by atoms with Crippen molar-refractivity contribution in [3.8, 4) is 0 Å². The Bertz CT molecular complexity index is 737. The molecule has 2 aromatic heterocycles. The maximum atomic E-state index is 12.7. The van der Waals surface area contributed by atoms with Crippen molar-refractivity contribution in [1.82, 2.24) is 24.2 Å². The number of hydrogen-bond acceptors (Lipinski definition) is 4. The molecule has 1 aliphatic heterocycles. The highest BCUT2D eigenvalue weighted by atomic mass is 19.4. The fraction of sp³-hybridized carbons (Fsp3) is 0.625. The van der Waals surface area contributed by atoms with Gasteiger partial charge in [-0.3, -0.25) is 9.58 Å². The molecule has 1 fully saturated rings. The Labute approximate surface area is 144 Å². The van der Waals surface area contributed by atoms with Gasteiger partial charge in [0, 0.05) is 30.2 Å². The average Bonchev–Trinajstić information content (AvgIpc) is 3.04. The molecular weight excluding hydrogens is 335 g/mol. The van der Waals surface area contributed by atoms with Gasteiger partial charge in [-0.05, 0) is 20.9 Å². The van der Waals surface area contributed by atoms with Crippen LogP contribution in [-0.2, 0) is 17.8 Å². The molecule has 0 amide bonds. The summed E-state index contributed by atoms with van der Waals surface area (Å²) < 4.78 is 46.5. The minimum absolute atomic E-state index is 0.109. The summed E-state index contributed by atoms with van der Waals surface area (Å²) in [5, 5.41) is 4.53. The van der Waals surface area contributed by atoms with Crippen molar-refractivity contribution in [2.75, 3.05) is 26.8 Å². The quantitative estimate of drug-likeness (QED) is 0.843. The number of rotatable bonds is 4. The van der Waals surface area contributed by atoms with E-state index < -0.39 is 12.7 Å². The zero-order valence-corrected chi connectivity index (χ0v) is 14.5. The maximum absolute atomic E-state index is 12.7. The van der Waals surface area contributed by atoms with Crippen molar-refractivity contribution in [1.29, 1.82) is 0 Å². The molecule has 0 N–H and O–H groups in total. The van der Waals surface area contributed by atoms with E-state index in [2.05, 4.69) is 15.0 Å². The third kappa shape index (κ3) is 3.87. The Kier molecular flexibility index (Phi) is 4.88. The average molecular weight is 357 g/mol. The lowest BCUT2D eigenvalue weighted by atomic mass is 10.0. The number of likely N-dealkylation sites (N-methyl/N-ethyl adjacent to an activating group) is 1. The number of hydrogen-bond donors (Lipinski definition) is 0. The summed E-state index contributed by atoms with van der Waals surface area (Å²) in [4.78, 5) is 6.29. The predicted octanol–water partition coefficient (Wildman–Crippen LogP) is 2.31.